The molecule has 202 valence electrons. The first-order valence-corrected chi connectivity index (χ1v) is 13.9. The maximum Gasteiger partial charge on any atom is 0.264 e. The summed E-state index contributed by atoms with van der Waals surface area (Å²) in [6.07, 6.45) is -1.03. The number of methoxy groups -OCH3 is 1. The van der Waals surface area contributed by atoms with Crippen molar-refractivity contribution in [2.45, 2.75) is 44.1 Å². The van der Waals surface area contributed by atoms with Gasteiger partial charge in [-0.3, -0.25) is 9.10 Å². The van der Waals surface area contributed by atoms with Crippen LogP contribution in [0.1, 0.15) is 31.9 Å². The molecule has 9 heteroatoms. The maximum atomic E-state index is 13.8. The summed E-state index contributed by atoms with van der Waals surface area (Å²) in [6.45, 7) is 8.32. The lowest BCUT2D eigenvalue weighted by Gasteiger charge is -2.36. The third-order valence-electron chi connectivity index (χ3n) is 6.32. The standard InChI is InChI=1S/C29H34N2O6S/c1-20-10-13-22(14-11-20)38(33,34)31-19-27(37-24-15-12-21(18-23(24)31)29(2,3)4)28(32)30-16-17-36-26-9-7-6-8-25(26)35-5/h6-15,18,27H,16-17,19H2,1-5H3,(H,30,32)/t27-/m1/s1. The minimum atomic E-state index is -3.96. The first kappa shape index (κ1) is 27.3. The SMILES string of the molecule is COc1ccccc1OCCNC(=O)[C@H]1CN(S(=O)(=O)c2ccc(C)cc2)c2cc(C(C)(C)C)ccc2O1. The third-order valence-corrected chi connectivity index (χ3v) is 8.12. The molecule has 1 atom stereocenters. The van der Waals surface area contributed by atoms with Gasteiger partial charge in [0.05, 0.1) is 30.8 Å². The summed E-state index contributed by atoms with van der Waals surface area (Å²) in [4.78, 5) is 13.2. The highest BCUT2D eigenvalue weighted by atomic mass is 32.2. The number of hydrogen-bond acceptors (Lipinski definition) is 6. The van der Waals surface area contributed by atoms with Crippen LogP contribution in [-0.4, -0.2) is 47.2 Å². The second-order valence-electron chi connectivity index (χ2n) is 10.2. The fraction of sp³-hybridized carbons (Fsp3) is 0.345. The molecule has 3 aromatic carbocycles. The van der Waals surface area contributed by atoms with Gasteiger partial charge in [0.25, 0.3) is 15.9 Å². The smallest absolute Gasteiger partial charge is 0.264 e. The van der Waals surface area contributed by atoms with Crippen molar-refractivity contribution in [3.8, 4) is 17.2 Å². The number of nitrogens with zero attached hydrogens (tertiary/aromatic N) is 1. The van der Waals surface area contributed by atoms with E-state index in [9.17, 15) is 13.2 Å². The lowest BCUT2D eigenvalue weighted by Crippen LogP contribution is -2.51. The molecule has 8 nitrogen and oxygen atoms in total. The Morgan fingerprint density at radius 3 is 2.39 bits per heavy atom. The number of carbonyl (C=O) groups excluding carboxylic acids is 1. The van der Waals surface area contributed by atoms with Crippen LogP contribution in [0.2, 0.25) is 0 Å². The largest absolute Gasteiger partial charge is 0.493 e. The number of sulfonamides is 1. The van der Waals surface area contributed by atoms with E-state index in [1.807, 2.05) is 31.2 Å². The number of fused-ring (bicyclic) bond motifs is 1. The fourth-order valence-corrected chi connectivity index (χ4v) is 5.57. The number of hydrogen-bond donors (Lipinski definition) is 1. The molecule has 0 unspecified atom stereocenters. The van der Waals surface area contributed by atoms with Gasteiger partial charge in [-0.15, -0.1) is 0 Å². The molecule has 38 heavy (non-hydrogen) atoms. The number of ether oxygens (including phenoxy) is 3. The van der Waals surface area contributed by atoms with Crippen LogP contribution in [0.5, 0.6) is 17.2 Å². The summed E-state index contributed by atoms with van der Waals surface area (Å²) >= 11 is 0. The molecule has 1 N–H and O–H groups in total. The number of carbonyl (C=O) groups is 1. The Hall–Kier alpha value is -3.72. The van der Waals surface area contributed by atoms with Crippen LogP contribution in [0.25, 0.3) is 0 Å². The van der Waals surface area contributed by atoms with E-state index in [0.717, 1.165) is 11.1 Å². The van der Waals surface area contributed by atoms with Crippen LogP contribution in [0.15, 0.2) is 71.6 Å². The summed E-state index contributed by atoms with van der Waals surface area (Å²) in [5, 5.41) is 2.79. The molecule has 0 spiro atoms. The molecule has 0 fully saturated rings. The zero-order valence-corrected chi connectivity index (χ0v) is 23.2. The Labute approximate surface area is 224 Å². The normalized spacial score (nSPS) is 15.3. The Bertz CT molecular complexity index is 1400. The average Bonchev–Trinajstić information content (AvgIpc) is 2.89. The summed E-state index contributed by atoms with van der Waals surface area (Å²) in [5.74, 6) is 1.07. The van der Waals surface area contributed by atoms with Crippen LogP contribution in [0.3, 0.4) is 0 Å². The van der Waals surface area contributed by atoms with E-state index in [0.29, 0.717) is 22.9 Å². The zero-order chi connectivity index (χ0) is 27.5. The summed E-state index contributed by atoms with van der Waals surface area (Å²) < 4.78 is 45.8. The molecule has 0 aromatic heterocycles. The molecule has 0 saturated carbocycles. The number of aryl methyl sites for hydroxylation is 1. The average molecular weight is 539 g/mol. The number of rotatable bonds is 8. The summed E-state index contributed by atoms with van der Waals surface area (Å²) in [7, 11) is -2.40. The van der Waals surface area contributed by atoms with E-state index in [1.54, 1.807) is 49.6 Å². The topological polar surface area (TPSA) is 94.2 Å². The van der Waals surface area contributed by atoms with Crippen molar-refractivity contribution in [3.63, 3.8) is 0 Å². The zero-order valence-electron chi connectivity index (χ0n) is 22.4. The van der Waals surface area contributed by atoms with Crippen molar-refractivity contribution in [1.82, 2.24) is 5.32 Å². The summed E-state index contributed by atoms with van der Waals surface area (Å²) in [6, 6.07) is 19.4. The molecule has 1 aliphatic heterocycles. The van der Waals surface area contributed by atoms with Gasteiger partial charge in [-0.25, -0.2) is 8.42 Å². The first-order chi connectivity index (χ1) is 18.0. The molecule has 3 aromatic rings. The van der Waals surface area contributed by atoms with Gasteiger partial charge < -0.3 is 19.5 Å². The molecule has 4 rings (SSSR count). The molecular formula is C29H34N2O6S. The minimum Gasteiger partial charge on any atom is -0.493 e. The molecule has 0 bridgehead atoms. The van der Waals surface area contributed by atoms with E-state index < -0.39 is 22.0 Å². The number of nitrogens with one attached hydrogen (secondary N) is 1. The van der Waals surface area contributed by atoms with E-state index in [4.69, 9.17) is 14.2 Å². The third kappa shape index (κ3) is 5.88. The number of amides is 1. The number of benzene rings is 3. The highest BCUT2D eigenvalue weighted by Crippen LogP contribution is 2.40. The van der Waals surface area contributed by atoms with Crippen molar-refractivity contribution in [1.29, 1.82) is 0 Å². The predicted molar refractivity (Wildman–Crippen MR) is 147 cm³/mol. The van der Waals surface area contributed by atoms with E-state index in [-0.39, 0.29) is 30.0 Å². The lowest BCUT2D eigenvalue weighted by molar-refractivity contribution is -0.127. The Morgan fingerprint density at radius 2 is 1.74 bits per heavy atom. The summed E-state index contributed by atoms with van der Waals surface area (Å²) in [5.41, 5.74) is 2.13. The van der Waals surface area contributed by atoms with Crippen molar-refractivity contribution in [3.05, 3.63) is 77.9 Å². The minimum absolute atomic E-state index is 0.154. The fourth-order valence-electron chi connectivity index (χ4n) is 4.11. The van der Waals surface area contributed by atoms with Gasteiger partial charge in [0, 0.05) is 0 Å². The van der Waals surface area contributed by atoms with Gasteiger partial charge >= 0.3 is 0 Å². The Morgan fingerprint density at radius 1 is 1.05 bits per heavy atom. The number of anilines is 1. The van der Waals surface area contributed by atoms with Gasteiger partial charge in [-0.2, -0.15) is 0 Å². The van der Waals surface area contributed by atoms with Crippen molar-refractivity contribution in [2.24, 2.45) is 0 Å². The maximum absolute atomic E-state index is 13.8. The molecular weight excluding hydrogens is 504 g/mol. The van der Waals surface area contributed by atoms with Gasteiger partial charge in [0.1, 0.15) is 12.4 Å². The van der Waals surface area contributed by atoms with E-state index in [1.165, 1.54) is 4.31 Å². The van der Waals surface area contributed by atoms with Crippen LogP contribution in [0, 0.1) is 6.92 Å². The second kappa shape index (κ2) is 10.9. The monoisotopic (exact) mass is 538 g/mol. The molecule has 0 saturated heterocycles. The quantitative estimate of drug-likeness (QED) is 0.426. The van der Waals surface area contributed by atoms with E-state index in [2.05, 4.69) is 26.1 Å². The van der Waals surface area contributed by atoms with Crippen molar-refractivity contribution < 1.29 is 27.4 Å². The predicted octanol–water partition coefficient (Wildman–Crippen LogP) is 4.45. The highest BCUT2D eigenvalue weighted by molar-refractivity contribution is 7.92. The van der Waals surface area contributed by atoms with Crippen LogP contribution >= 0.6 is 0 Å². The Balaban J connectivity index is 1.55. The molecule has 1 heterocycles. The first-order valence-electron chi connectivity index (χ1n) is 12.4. The molecule has 1 amide bonds. The van der Waals surface area contributed by atoms with Crippen molar-refractivity contribution in [2.75, 3.05) is 31.1 Å². The molecule has 0 radical (unpaired) electrons. The van der Waals surface area contributed by atoms with Crippen molar-refractivity contribution >= 4 is 21.6 Å². The second-order valence-corrected chi connectivity index (χ2v) is 12.0. The van der Waals surface area contributed by atoms with E-state index >= 15 is 0 Å². The molecule has 1 aliphatic rings. The highest BCUT2D eigenvalue weighted by Gasteiger charge is 2.38. The van der Waals surface area contributed by atoms with Crippen LogP contribution in [-0.2, 0) is 20.2 Å². The van der Waals surface area contributed by atoms with Crippen LogP contribution in [0.4, 0.5) is 5.69 Å². The van der Waals surface area contributed by atoms with Gasteiger partial charge in [0.2, 0.25) is 0 Å². The van der Waals surface area contributed by atoms with Gasteiger partial charge in [-0.05, 0) is 54.3 Å². The van der Waals surface area contributed by atoms with Gasteiger partial charge in [-0.1, -0.05) is 56.7 Å². The number of para-hydroxylation sites is 2. The van der Waals surface area contributed by atoms with Crippen LogP contribution < -0.4 is 23.8 Å². The lowest BCUT2D eigenvalue weighted by atomic mass is 9.86. The van der Waals surface area contributed by atoms with Gasteiger partial charge in [0.15, 0.2) is 17.6 Å². The Kier molecular flexibility index (Phi) is 7.87. The molecule has 0 aliphatic carbocycles.